The molecular formula is C17H15N5O. The van der Waals surface area contributed by atoms with Gasteiger partial charge in [-0.05, 0) is 36.4 Å². The third kappa shape index (κ3) is 3.66. The van der Waals surface area contributed by atoms with E-state index in [0.717, 1.165) is 24.5 Å². The normalized spacial score (nSPS) is 12.7. The van der Waals surface area contributed by atoms with Gasteiger partial charge < -0.3 is 16.0 Å². The minimum atomic E-state index is -0.340. The highest BCUT2D eigenvalue weighted by Gasteiger charge is 2.09. The van der Waals surface area contributed by atoms with Crippen LogP contribution in [0.2, 0.25) is 0 Å². The Morgan fingerprint density at radius 2 is 1.91 bits per heavy atom. The second kappa shape index (κ2) is 6.62. The highest BCUT2D eigenvalue weighted by Crippen LogP contribution is 2.14. The third-order valence-electron chi connectivity index (χ3n) is 3.34. The van der Waals surface area contributed by atoms with Gasteiger partial charge in [0.15, 0.2) is 0 Å². The summed E-state index contributed by atoms with van der Waals surface area (Å²) < 4.78 is 0. The molecule has 3 rings (SSSR count). The van der Waals surface area contributed by atoms with Crippen LogP contribution in [0.3, 0.4) is 0 Å². The number of nitrogens with one attached hydrogen (secondary N) is 3. The lowest BCUT2D eigenvalue weighted by Gasteiger charge is -2.09. The maximum absolute atomic E-state index is 12.0. The number of hydrogen-bond donors (Lipinski definition) is 3. The van der Waals surface area contributed by atoms with Crippen LogP contribution in [0.25, 0.3) is 0 Å². The summed E-state index contributed by atoms with van der Waals surface area (Å²) in [5.74, 6) is 0.848. The topological polar surface area (TPSA) is 89.3 Å². The van der Waals surface area contributed by atoms with E-state index >= 15 is 0 Å². The first kappa shape index (κ1) is 14.6. The molecule has 1 heterocycles. The van der Waals surface area contributed by atoms with Gasteiger partial charge in [0.25, 0.3) is 0 Å². The number of amides is 2. The number of aliphatic imine (C=N–C) groups is 1. The fraction of sp³-hybridized carbons (Fsp3) is 0.118. The summed E-state index contributed by atoms with van der Waals surface area (Å²) in [6.45, 7) is 1.61. The van der Waals surface area contributed by atoms with E-state index in [1.807, 2.05) is 30.3 Å². The molecule has 0 radical (unpaired) electrons. The summed E-state index contributed by atoms with van der Waals surface area (Å²) in [5, 5.41) is 17.5. The second-order valence-electron chi connectivity index (χ2n) is 5.01. The molecule has 114 valence electrons. The summed E-state index contributed by atoms with van der Waals surface area (Å²) in [6, 6.07) is 15.9. The molecule has 1 aliphatic rings. The van der Waals surface area contributed by atoms with E-state index in [1.165, 1.54) is 0 Å². The maximum Gasteiger partial charge on any atom is 0.323 e. The number of urea groups is 1. The number of rotatable bonds is 3. The van der Waals surface area contributed by atoms with Gasteiger partial charge in [0.2, 0.25) is 0 Å². The molecule has 2 aromatic rings. The molecule has 6 heteroatoms. The summed E-state index contributed by atoms with van der Waals surface area (Å²) in [6.07, 6.45) is 0. The minimum Gasteiger partial charge on any atom is -0.368 e. The van der Waals surface area contributed by atoms with Crippen LogP contribution in [-0.2, 0) is 0 Å². The van der Waals surface area contributed by atoms with Gasteiger partial charge in [-0.3, -0.25) is 4.99 Å². The number of nitrogens with zero attached hydrogens (tertiary/aromatic N) is 2. The quantitative estimate of drug-likeness (QED) is 0.814. The predicted molar refractivity (Wildman–Crippen MR) is 89.6 cm³/mol. The highest BCUT2D eigenvalue weighted by atomic mass is 16.2. The monoisotopic (exact) mass is 305 g/mol. The van der Waals surface area contributed by atoms with Crippen LogP contribution in [-0.4, -0.2) is 25.0 Å². The molecule has 2 amide bonds. The molecule has 0 saturated carbocycles. The lowest BCUT2D eigenvalue weighted by molar-refractivity contribution is 0.262. The molecule has 1 aliphatic heterocycles. The second-order valence-corrected chi connectivity index (χ2v) is 5.01. The van der Waals surface area contributed by atoms with E-state index in [1.54, 1.807) is 24.3 Å². The Bertz CT molecular complexity index is 789. The van der Waals surface area contributed by atoms with Crippen molar-refractivity contribution in [2.45, 2.75) is 0 Å². The third-order valence-corrected chi connectivity index (χ3v) is 3.34. The molecule has 0 bridgehead atoms. The van der Waals surface area contributed by atoms with Crippen LogP contribution in [0.15, 0.2) is 53.5 Å². The zero-order valence-electron chi connectivity index (χ0n) is 12.3. The molecule has 6 nitrogen and oxygen atoms in total. The smallest absolute Gasteiger partial charge is 0.323 e. The molecule has 0 unspecified atom stereocenters. The number of carbonyl (C=O) groups excluding carboxylic acids is 1. The summed E-state index contributed by atoms with van der Waals surface area (Å²) in [5.41, 5.74) is 2.80. The average molecular weight is 305 g/mol. The number of carbonyl (C=O) groups is 1. The number of nitriles is 1. The van der Waals surface area contributed by atoms with Gasteiger partial charge in [0, 0.05) is 23.5 Å². The number of benzene rings is 2. The molecule has 0 spiro atoms. The molecular weight excluding hydrogens is 290 g/mol. The van der Waals surface area contributed by atoms with Gasteiger partial charge in [0.1, 0.15) is 5.84 Å². The maximum atomic E-state index is 12.0. The van der Waals surface area contributed by atoms with Gasteiger partial charge in [-0.25, -0.2) is 4.79 Å². The van der Waals surface area contributed by atoms with E-state index < -0.39 is 0 Å². The summed E-state index contributed by atoms with van der Waals surface area (Å²) in [4.78, 5) is 16.4. The van der Waals surface area contributed by atoms with Gasteiger partial charge >= 0.3 is 6.03 Å². The zero-order valence-corrected chi connectivity index (χ0v) is 12.3. The molecule has 0 fully saturated rings. The molecule has 0 aliphatic carbocycles. The average Bonchev–Trinajstić information content (AvgIpc) is 3.10. The fourth-order valence-electron chi connectivity index (χ4n) is 2.26. The van der Waals surface area contributed by atoms with Gasteiger partial charge in [-0.1, -0.05) is 12.1 Å². The van der Waals surface area contributed by atoms with Crippen LogP contribution in [0.4, 0.5) is 16.2 Å². The summed E-state index contributed by atoms with van der Waals surface area (Å²) in [7, 11) is 0. The van der Waals surface area contributed by atoms with Crippen LogP contribution in [0, 0.1) is 11.3 Å². The molecule has 2 aromatic carbocycles. The number of anilines is 2. The Hall–Kier alpha value is -3.33. The van der Waals surface area contributed by atoms with Gasteiger partial charge in [-0.15, -0.1) is 0 Å². The van der Waals surface area contributed by atoms with Crippen molar-refractivity contribution in [1.82, 2.24) is 5.32 Å². The van der Waals surface area contributed by atoms with Crippen molar-refractivity contribution in [3.8, 4) is 6.07 Å². The molecule has 0 saturated heterocycles. The van der Waals surface area contributed by atoms with Crippen molar-refractivity contribution < 1.29 is 4.79 Å². The van der Waals surface area contributed by atoms with Gasteiger partial charge in [0.05, 0.1) is 18.2 Å². The fourth-order valence-corrected chi connectivity index (χ4v) is 2.26. The first-order valence-electron chi connectivity index (χ1n) is 7.21. The van der Waals surface area contributed by atoms with E-state index in [2.05, 4.69) is 20.9 Å². The molecule has 0 aromatic heterocycles. The lowest BCUT2D eigenvalue weighted by atomic mass is 10.2. The molecule has 3 N–H and O–H groups in total. The van der Waals surface area contributed by atoms with E-state index in [-0.39, 0.29) is 6.03 Å². The highest BCUT2D eigenvalue weighted by molar-refractivity contribution is 6.03. The Labute approximate surface area is 133 Å². The van der Waals surface area contributed by atoms with Crippen molar-refractivity contribution >= 4 is 23.2 Å². The van der Waals surface area contributed by atoms with Gasteiger partial charge in [-0.2, -0.15) is 5.26 Å². The minimum absolute atomic E-state index is 0.340. The van der Waals surface area contributed by atoms with Crippen LogP contribution < -0.4 is 16.0 Å². The SMILES string of the molecule is N#Cc1ccc(NC(=O)Nc2cccc(C3=NCCN3)c2)cc1. The molecule has 0 atom stereocenters. The first-order chi connectivity index (χ1) is 11.2. The Morgan fingerprint density at radius 3 is 2.61 bits per heavy atom. The Balaban J connectivity index is 1.65. The van der Waals surface area contributed by atoms with Crippen molar-refractivity contribution in [1.29, 1.82) is 5.26 Å². The number of hydrogen-bond acceptors (Lipinski definition) is 4. The first-order valence-corrected chi connectivity index (χ1v) is 7.21. The number of amidine groups is 1. The predicted octanol–water partition coefficient (Wildman–Crippen LogP) is 2.55. The van der Waals surface area contributed by atoms with Crippen LogP contribution >= 0.6 is 0 Å². The van der Waals surface area contributed by atoms with Crippen molar-refractivity contribution in [3.63, 3.8) is 0 Å². The Kier molecular flexibility index (Phi) is 4.20. The molecule has 23 heavy (non-hydrogen) atoms. The van der Waals surface area contributed by atoms with Crippen molar-refractivity contribution in [3.05, 3.63) is 59.7 Å². The van der Waals surface area contributed by atoms with Crippen LogP contribution in [0.1, 0.15) is 11.1 Å². The van der Waals surface area contributed by atoms with Crippen LogP contribution in [0.5, 0.6) is 0 Å². The summed E-state index contributed by atoms with van der Waals surface area (Å²) >= 11 is 0. The van der Waals surface area contributed by atoms with Crippen molar-refractivity contribution in [2.75, 3.05) is 23.7 Å². The van der Waals surface area contributed by atoms with E-state index in [9.17, 15) is 4.79 Å². The van der Waals surface area contributed by atoms with E-state index in [0.29, 0.717) is 16.9 Å². The largest absolute Gasteiger partial charge is 0.368 e. The zero-order chi connectivity index (χ0) is 16.1. The lowest BCUT2D eigenvalue weighted by Crippen LogP contribution is -2.21. The Morgan fingerprint density at radius 1 is 1.13 bits per heavy atom. The van der Waals surface area contributed by atoms with E-state index in [4.69, 9.17) is 5.26 Å². The van der Waals surface area contributed by atoms with Crippen molar-refractivity contribution in [2.24, 2.45) is 4.99 Å². The standard InChI is InChI=1S/C17H15N5O/c18-11-12-4-6-14(7-5-12)21-17(23)22-15-3-1-2-13(10-15)16-19-8-9-20-16/h1-7,10H,8-9H2,(H,19,20)(H2,21,22,23).